The Bertz CT molecular complexity index is 608. The van der Waals surface area contributed by atoms with Crippen molar-refractivity contribution in [2.45, 2.75) is 0 Å². The van der Waals surface area contributed by atoms with Crippen LogP contribution in [0.5, 0.6) is 0 Å². The van der Waals surface area contributed by atoms with Crippen molar-refractivity contribution in [1.82, 2.24) is 0 Å². The van der Waals surface area contributed by atoms with E-state index < -0.39 is 0 Å². The molecule has 2 rings (SSSR count). The topological polar surface area (TPSA) is 17.1 Å². The third-order valence-electron chi connectivity index (χ3n) is 2.37. The number of carbonyl (C=O) groups excluding carboxylic acids is 1. The second-order valence-corrected chi connectivity index (χ2v) is 6.52. The number of rotatable bonds is 3. The van der Waals surface area contributed by atoms with Crippen molar-refractivity contribution in [3.63, 3.8) is 0 Å². The van der Waals surface area contributed by atoms with Crippen molar-refractivity contribution in [3.05, 3.63) is 62.1 Å². The molecule has 1 unspecified atom stereocenters. The summed E-state index contributed by atoms with van der Waals surface area (Å²) in [5.41, 5.74) is -0.00591. The van der Waals surface area contributed by atoms with Gasteiger partial charge >= 0.3 is 18.9 Å². The van der Waals surface area contributed by atoms with E-state index in [9.17, 15) is 4.79 Å². The van der Waals surface area contributed by atoms with Crippen molar-refractivity contribution in [2.24, 2.45) is 0 Å². The normalized spacial score (nSPS) is 10.6. The molecule has 0 fully saturated rings. The zero-order chi connectivity index (χ0) is 14.0. The fourth-order valence-electron chi connectivity index (χ4n) is 1.49. The van der Waals surface area contributed by atoms with E-state index in [2.05, 4.69) is 0 Å². The van der Waals surface area contributed by atoms with Gasteiger partial charge in [-0.05, 0) is 20.0 Å². The van der Waals surface area contributed by atoms with E-state index in [-0.39, 0.29) is 58.6 Å². The molecule has 0 saturated heterocycles. The van der Waals surface area contributed by atoms with E-state index in [0.717, 1.165) is 5.30 Å². The predicted octanol–water partition coefficient (Wildman–Crippen LogP) is 4.80. The molecule has 1 nitrogen and oxygen atoms in total. The molecular weight excluding hydrogens is 352 g/mol. The molecule has 2 aromatic carbocycles. The summed E-state index contributed by atoms with van der Waals surface area (Å²) in [5.74, 6) is 0. The number of halogens is 4. The minimum absolute atomic E-state index is 0. The average molecular weight is 360 g/mol. The van der Waals surface area contributed by atoms with Crippen LogP contribution in [0.2, 0.25) is 20.1 Å². The van der Waals surface area contributed by atoms with Gasteiger partial charge in [0.2, 0.25) is 0 Å². The summed E-state index contributed by atoms with van der Waals surface area (Å²) in [6, 6.07) is 10.8. The molecule has 0 bridgehead atoms. The van der Waals surface area contributed by atoms with Gasteiger partial charge in [-0.15, -0.1) is 0 Å². The molecule has 0 aliphatic rings. The van der Waals surface area contributed by atoms with Gasteiger partial charge in [-0.3, -0.25) is 4.79 Å². The van der Waals surface area contributed by atoms with E-state index in [1.807, 2.05) is 30.3 Å². The van der Waals surface area contributed by atoms with Crippen LogP contribution >= 0.6 is 55.0 Å². The first-order valence-corrected chi connectivity index (χ1v) is 7.71. The predicted molar refractivity (Wildman–Crippen MR) is 92.4 cm³/mol. The van der Waals surface area contributed by atoms with Gasteiger partial charge in [0.25, 0.3) is 0 Å². The first-order valence-electron chi connectivity index (χ1n) is 5.20. The molecule has 1 atom stereocenters. The van der Waals surface area contributed by atoms with Crippen LogP contribution in [0.3, 0.4) is 0 Å². The maximum atomic E-state index is 12.3. The first-order chi connectivity index (χ1) is 9.00. The van der Waals surface area contributed by atoms with Gasteiger partial charge in [0.15, 0.2) is 5.52 Å². The van der Waals surface area contributed by atoms with E-state index >= 15 is 0 Å². The van der Waals surface area contributed by atoms with Gasteiger partial charge in [0, 0.05) is 0 Å². The molecule has 0 N–H and O–H groups in total. The Morgan fingerprint density at radius 1 is 0.900 bits per heavy atom. The van der Waals surface area contributed by atoms with Crippen molar-refractivity contribution in [1.29, 1.82) is 0 Å². The fraction of sp³-hybridized carbons (Fsp3) is 0. The van der Waals surface area contributed by atoms with Gasteiger partial charge < -0.3 is 0 Å². The Balaban J connectivity index is 0.00000200. The van der Waals surface area contributed by atoms with E-state index in [1.165, 1.54) is 6.07 Å². The molecule has 0 radical (unpaired) electrons. The Morgan fingerprint density at radius 3 is 1.90 bits per heavy atom. The fourth-order valence-corrected chi connectivity index (χ4v) is 3.62. The van der Waals surface area contributed by atoms with Gasteiger partial charge in [-0.25, -0.2) is 0 Å². The van der Waals surface area contributed by atoms with Gasteiger partial charge in [-0.1, -0.05) is 76.7 Å². The summed E-state index contributed by atoms with van der Waals surface area (Å²) in [7, 11) is -0.0839. The molecule has 0 aliphatic heterocycles. The molecule has 0 saturated carbocycles. The molecule has 100 valence electrons. The quantitative estimate of drug-likeness (QED) is 0.437. The minimum atomic E-state index is -0.189. The summed E-state index contributed by atoms with van der Waals surface area (Å²) >= 11 is 23.9. The van der Waals surface area contributed by atoms with Crippen molar-refractivity contribution < 1.29 is 4.79 Å². The summed E-state index contributed by atoms with van der Waals surface area (Å²) in [6.45, 7) is 0. The Hall–Kier alpha value is 0.297. The first kappa shape index (κ1) is 18.3. The zero-order valence-electron chi connectivity index (χ0n) is 9.38. The average Bonchev–Trinajstić information content (AvgIpc) is 2.38. The molecule has 0 aliphatic carbocycles. The number of hydrogen-bond acceptors (Lipinski definition) is 1. The monoisotopic (exact) mass is 358 g/mol. The summed E-state index contributed by atoms with van der Waals surface area (Å²) in [5, 5.41) is 1.62. The molecule has 2 aromatic rings. The van der Waals surface area contributed by atoms with Crippen LogP contribution in [0.15, 0.2) is 36.4 Å². The number of carbonyl (C=O) groups is 1. The zero-order valence-corrected chi connectivity index (χ0v) is 13.4. The van der Waals surface area contributed by atoms with Crippen LogP contribution in [-0.2, 0) is 0 Å². The second kappa shape index (κ2) is 8.07. The van der Waals surface area contributed by atoms with Crippen LogP contribution in [0.1, 0.15) is 10.4 Å². The SMILES string of the molecule is O=C(Pc1ccccc1)c1c(Cl)c(Cl)cc(Cl)c1Cl.[LiH]. The van der Waals surface area contributed by atoms with Crippen molar-refractivity contribution >= 4 is 84.7 Å². The summed E-state index contributed by atoms with van der Waals surface area (Å²) < 4.78 is 0. The molecule has 0 amide bonds. The van der Waals surface area contributed by atoms with Crippen LogP contribution in [0, 0.1) is 0 Å². The molecule has 0 aromatic heterocycles. The van der Waals surface area contributed by atoms with Crippen molar-refractivity contribution in [3.8, 4) is 0 Å². The maximum absolute atomic E-state index is 12.3. The Morgan fingerprint density at radius 2 is 1.40 bits per heavy atom. The van der Waals surface area contributed by atoms with Gasteiger partial charge in [0.1, 0.15) is 0 Å². The van der Waals surface area contributed by atoms with E-state index in [4.69, 9.17) is 46.4 Å². The van der Waals surface area contributed by atoms with Crippen LogP contribution in [0.25, 0.3) is 0 Å². The third-order valence-corrected chi connectivity index (χ3v) is 5.04. The van der Waals surface area contributed by atoms with Crippen LogP contribution < -0.4 is 5.30 Å². The molecule has 7 heteroatoms. The molecule has 0 heterocycles. The van der Waals surface area contributed by atoms with Crippen LogP contribution in [0.4, 0.5) is 0 Å². The van der Waals surface area contributed by atoms with Crippen molar-refractivity contribution in [2.75, 3.05) is 0 Å². The van der Waals surface area contributed by atoms with Gasteiger partial charge in [-0.2, -0.15) is 0 Å². The summed E-state index contributed by atoms with van der Waals surface area (Å²) in [6.07, 6.45) is 0. The molecule has 0 spiro atoms. The standard InChI is InChI=1S/C13H7Cl4OP.Li.H/c14-8-6-9(15)12(17)10(11(8)16)13(18)19-7-4-2-1-3-5-7;;/h1-6,19H;;. The number of hydrogen-bond donors (Lipinski definition) is 0. The molecule has 20 heavy (non-hydrogen) atoms. The Kier molecular flexibility index (Phi) is 7.40. The van der Waals surface area contributed by atoms with Crippen LogP contribution in [-0.4, -0.2) is 24.4 Å². The second-order valence-electron chi connectivity index (χ2n) is 3.66. The number of benzene rings is 2. The summed E-state index contributed by atoms with van der Waals surface area (Å²) in [4.78, 5) is 12.3. The van der Waals surface area contributed by atoms with Gasteiger partial charge in [0.05, 0.1) is 25.7 Å². The van der Waals surface area contributed by atoms with E-state index in [0.29, 0.717) is 0 Å². The Labute approximate surface area is 150 Å². The molecular formula is C13H8Cl4LiOP. The third kappa shape index (κ3) is 4.16. The van der Waals surface area contributed by atoms with E-state index in [1.54, 1.807) is 0 Å².